The topological polar surface area (TPSA) is 80.3 Å². The van der Waals surface area contributed by atoms with E-state index in [1.54, 1.807) is 0 Å². The molecule has 0 heterocycles. The Bertz CT molecular complexity index is 606. The van der Waals surface area contributed by atoms with Gasteiger partial charge in [-0.2, -0.15) is 0 Å². The molecule has 1 rings (SSSR count). The van der Waals surface area contributed by atoms with Gasteiger partial charge < -0.3 is 5.32 Å². The third-order valence-electron chi connectivity index (χ3n) is 2.35. The fourth-order valence-electron chi connectivity index (χ4n) is 1.48. The number of benzene rings is 1. The van der Waals surface area contributed by atoms with Crippen LogP contribution in [0.3, 0.4) is 0 Å². The van der Waals surface area contributed by atoms with E-state index >= 15 is 0 Å². The van der Waals surface area contributed by atoms with Gasteiger partial charge in [0.2, 0.25) is 0 Å². The number of hydrogen-bond donors (Lipinski definition) is 1. The highest BCUT2D eigenvalue weighted by atomic mass is 35.7. The van der Waals surface area contributed by atoms with Crippen molar-refractivity contribution < 1.29 is 16.8 Å². The van der Waals surface area contributed by atoms with Crippen molar-refractivity contribution in [3.8, 4) is 0 Å². The second-order valence-electron chi connectivity index (χ2n) is 3.79. The summed E-state index contributed by atoms with van der Waals surface area (Å²) in [5.74, 6) is 0. The first-order valence-electron chi connectivity index (χ1n) is 5.44. The molecule has 1 N–H and O–H groups in total. The van der Waals surface area contributed by atoms with E-state index in [0.717, 1.165) is 12.8 Å². The third kappa shape index (κ3) is 4.52. The Balaban J connectivity index is 3.42. The minimum Gasteiger partial charge on any atom is -0.383 e. The molecule has 108 valence electrons. The van der Waals surface area contributed by atoms with Crippen molar-refractivity contribution >= 4 is 45.2 Å². The summed E-state index contributed by atoms with van der Waals surface area (Å²) < 4.78 is 45.8. The smallest absolute Gasteiger partial charge is 0.263 e. The van der Waals surface area contributed by atoms with E-state index in [-0.39, 0.29) is 15.5 Å². The normalized spacial score (nSPS) is 12.4. The van der Waals surface area contributed by atoms with Crippen LogP contribution < -0.4 is 5.32 Å². The first kappa shape index (κ1) is 16.6. The van der Waals surface area contributed by atoms with E-state index in [4.69, 9.17) is 21.4 Å². The summed E-state index contributed by atoms with van der Waals surface area (Å²) in [5.41, 5.74) is -0.0825. The summed E-state index contributed by atoms with van der Waals surface area (Å²) in [5, 5.41) is 2.77. The van der Waals surface area contributed by atoms with E-state index in [9.17, 15) is 16.8 Å². The van der Waals surface area contributed by atoms with Crippen LogP contribution in [0.1, 0.15) is 19.8 Å². The van der Waals surface area contributed by atoms with Crippen LogP contribution in [0.4, 0.5) is 5.69 Å². The predicted octanol–water partition coefficient (Wildman–Crippen LogP) is 2.75. The van der Waals surface area contributed by atoms with E-state index < -0.39 is 18.1 Å². The first-order chi connectivity index (χ1) is 8.68. The average Bonchev–Trinajstić information content (AvgIpc) is 2.26. The lowest BCUT2D eigenvalue weighted by molar-refractivity contribution is 0.608. The lowest BCUT2D eigenvalue weighted by Crippen LogP contribution is -2.09. The Hall–Kier alpha value is -0.500. The predicted molar refractivity (Wildman–Crippen MR) is 75.9 cm³/mol. The number of anilines is 1. The molecule has 1 aromatic rings. The summed E-state index contributed by atoms with van der Waals surface area (Å²) in [6, 6.07) is 3.72. The first-order valence-corrected chi connectivity index (χ1v) is 10.1. The number of unbranched alkanes of at least 4 members (excludes halogenated alkanes) is 1. The maximum Gasteiger partial charge on any atom is 0.263 e. The average molecular weight is 346 g/mol. The van der Waals surface area contributed by atoms with Gasteiger partial charge in [0.05, 0.1) is 5.69 Å². The van der Waals surface area contributed by atoms with Gasteiger partial charge in [-0.1, -0.05) is 19.4 Å². The Labute approximate surface area is 121 Å². The van der Waals surface area contributed by atoms with E-state index in [1.165, 1.54) is 18.2 Å². The molecule has 1 aromatic carbocycles. The Morgan fingerprint density at radius 3 is 1.89 bits per heavy atom. The molecule has 0 spiro atoms. The maximum absolute atomic E-state index is 11.5. The van der Waals surface area contributed by atoms with Crippen LogP contribution in [0.5, 0.6) is 0 Å². The van der Waals surface area contributed by atoms with Crippen LogP contribution in [0.15, 0.2) is 28.0 Å². The standard InChI is InChI=1S/C10H13Cl2NO4S2/c1-2-3-7-13-10-8(18(11,14)15)5-4-6-9(10)19(12,16)17/h4-6,13H,2-3,7H2,1H3. The molecule has 0 radical (unpaired) electrons. The summed E-state index contributed by atoms with van der Waals surface area (Å²) in [7, 11) is 2.45. The van der Waals surface area contributed by atoms with Crippen molar-refractivity contribution in [1.29, 1.82) is 0 Å². The SMILES string of the molecule is CCCCNc1c(S(=O)(=O)Cl)cccc1S(=O)(=O)Cl. The quantitative estimate of drug-likeness (QED) is 0.633. The molecule has 0 bridgehead atoms. The van der Waals surface area contributed by atoms with Crippen molar-refractivity contribution in [2.75, 3.05) is 11.9 Å². The molecule has 19 heavy (non-hydrogen) atoms. The van der Waals surface area contributed by atoms with Gasteiger partial charge in [-0.25, -0.2) is 16.8 Å². The Kier molecular flexibility index (Phi) is 5.49. The number of hydrogen-bond acceptors (Lipinski definition) is 5. The van der Waals surface area contributed by atoms with Gasteiger partial charge in [0, 0.05) is 27.9 Å². The maximum atomic E-state index is 11.5. The fourth-order valence-corrected chi connectivity index (χ4v) is 3.65. The monoisotopic (exact) mass is 345 g/mol. The van der Waals surface area contributed by atoms with Crippen LogP contribution in [0.2, 0.25) is 0 Å². The van der Waals surface area contributed by atoms with Gasteiger partial charge in [-0.3, -0.25) is 0 Å². The number of para-hydroxylation sites is 1. The van der Waals surface area contributed by atoms with Gasteiger partial charge in [0.25, 0.3) is 18.1 Å². The minimum atomic E-state index is -4.07. The molecule has 0 atom stereocenters. The van der Waals surface area contributed by atoms with Gasteiger partial charge in [0.1, 0.15) is 9.79 Å². The number of nitrogens with one attached hydrogen (secondary N) is 1. The summed E-state index contributed by atoms with van der Waals surface area (Å²) in [4.78, 5) is -0.598. The molecule has 5 nitrogen and oxygen atoms in total. The molecule has 0 aliphatic carbocycles. The largest absolute Gasteiger partial charge is 0.383 e. The molecule has 9 heteroatoms. The van der Waals surface area contributed by atoms with Crippen LogP contribution >= 0.6 is 21.4 Å². The highest BCUT2D eigenvalue weighted by Gasteiger charge is 2.23. The second-order valence-corrected chi connectivity index (χ2v) is 8.85. The molecule has 0 aromatic heterocycles. The lowest BCUT2D eigenvalue weighted by Gasteiger charge is -2.13. The molecular weight excluding hydrogens is 333 g/mol. The Morgan fingerprint density at radius 1 is 1.05 bits per heavy atom. The molecule has 0 saturated heterocycles. The fraction of sp³-hybridized carbons (Fsp3) is 0.400. The van der Waals surface area contributed by atoms with Crippen molar-refractivity contribution in [3.63, 3.8) is 0 Å². The van der Waals surface area contributed by atoms with Gasteiger partial charge in [-0.05, 0) is 18.6 Å². The third-order valence-corrected chi connectivity index (χ3v) is 5.07. The van der Waals surface area contributed by atoms with Crippen molar-refractivity contribution in [2.24, 2.45) is 0 Å². The van der Waals surface area contributed by atoms with Crippen molar-refractivity contribution in [2.45, 2.75) is 29.6 Å². The Morgan fingerprint density at radius 2 is 1.53 bits per heavy atom. The molecule has 0 amide bonds. The minimum absolute atomic E-state index is 0.0825. The zero-order chi connectivity index (χ0) is 14.7. The van der Waals surface area contributed by atoms with E-state index in [1.807, 2.05) is 6.92 Å². The van der Waals surface area contributed by atoms with E-state index in [2.05, 4.69) is 5.32 Å². The molecule has 0 fully saturated rings. The summed E-state index contributed by atoms with van der Waals surface area (Å²) >= 11 is 0. The van der Waals surface area contributed by atoms with Gasteiger partial charge >= 0.3 is 0 Å². The van der Waals surface area contributed by atoms with Gasteiger partial charge in [-0.15, -0.1) is 0 Å². The van der Waals surface area contributed by atoms with Crippen LogP contribution in [-0.4, -0.2) is 23.4 Å². The number of halogens is 2. The molecule has 0 unspecified atom stereocenters. The lowest BCUT2D eigenvalue weighted by atomic mass is 10.3. The summed E-state index contributed by atoms with van der Waals surface area (Å²) in [6.45, 7) is 2.37. The highest BCUT2D eigenvalue weighted by molar-refractivity contribution is 8.14. The van der Waals surface area contributed by atoms with Crippen molar-refractivity contribution in [3.05, 3.63) is 18.2 Å². The van der Waals surface area contributed by atoms with Crippen LogP contribution in [-0.2, 0) is 18.1 Å². The summed E-state index contributed by atoms with van der Waals surface area (Å²) in [6.07, 6.45) is 1.62. The van der Waals surface area contributed by atoms with Crippen molar-refractivity contribution in [1.82, 2.24) is 0 Å². The zero-order valence-corrected chi connectivity index (χ0v) is 13.2. The molecular formula is C10H13Cl2NO4S2. The highest BCUT2D eigenvalue weighted by Crippen LogP contribution is 2.33. The molecule has 0 saturated carbocycles. The molecule has 0 aliphatic rings. The van der Waals surface area contributed by atoms with E-state index in [0.29, 0.717) is 6.54 Å². The number of rotatable bonds is 6. The van der Waals surface area contributed by atoms with Crippen LogP contribution in [0.25, 0.3) is 0 Å². The van der Waals surface area contributed by atoms with Crippen LogP contribution in [0, 0.1) is 0 Å². The zero-order valence-electron chi connectivity index (χ0n) is 10.1. The second kappa shape index (κ2) is 6.30. The van der Waals surface area contributed by atoms with Gasteiger partial charge in [0.15, 0.2) is 0 Å². The molecule has 0 aliphatic heterocycles.